The number of alkyl halides is 3. The van der Waals surface area contributed by atoms with Crippen molar-refractivity contribution in [3.63, 3.8) is 0 Å². The third-order valence-corrected chi connectivity index (χ3v) is 2.89. The van der Waals surface area contributed by atoms with Crippen LogP contribution < -0.4 is 15.4 Å². The van der Waals surface area contributed by atoms with Crippen molar-refractivity contribution in [3.05, 3.63) is 29.8 Å². The molecule has 1 rings (SSSR count). The van der Waals surface area contributed by atoms with E-state index < -0.39 is 12.6 Å². The Kier molecular flexibility index (Phi) is 10.8. The van der Waals surface area contributed by atoms with Gasteiger partial charge in [0.1, 0.15) is 5.75 Å². The van der Waals surface area contributed by atoms with E-state index in [1.54, 1.807) is 7.11 Å². The van der Waals surface area contributed by atoms with Crippen LogP contribution in [0.3, 0.4) is 0 Å². The van der Waals surface area contributed by atoms with E-state index in [0.29, 0.717) is 25.5 Å². The van der Waals surface area contributed by atoms with Gasteiger partial charge >= 0.3 is 6.18 Å². The largest absolute Gasteiger partial charge is 0.496 e. The summed E-state index contributed by atoms with van der Waals surface area (Å²) in [6, 6.07) is 7.63. The molecule has 0 fully saturated rings. The molecule has 0 bridgehead atoms. The van der Waals surface area contributed by atoms with E-state index in [9.17, 15) is 13.2 Å². The van der Waals surface area contributed by atoms with Gasteiger partial charge in [0, 0.05) is 13.1 Å². The topological polar surface area (TPSA) is 45.7 Å². The number of guanidine groups is 1. The minimum Gasteiger partial charge on any atom is -0.496 e. The van der Waals surface area contributed by atoms with Crippen LogP contribution in [-0.2, 0) is 6.42 Å². The molecule has 0 amide bonds. The van der Waals surface area contributed by atoms with Crippen molar-refractivity contribution in [1.29, 1.82) is 0 Å². The monoisotopic (exact) mass is 445 g/mol. The lowest BCUT2D eigenvalue weighted by Gasteiger charge is -2.13. The van der Waals surface area contributed by atoms with Crippen LogP contribution in [0.5, 0.6) is 5.75 Å². The maximum absolute atomic E-state index is 12.1. The van der Waals surface area contributed by atoms with Crippen molar-refractivity contribution in [2.45, 2.75) is 25.9 Å². The minimum atomic E-state index is -4.18. The molecule has 4 nitrogen and oxygen atoms in total. The Morgan fingerprint density at radius 2 is 1.91 bits per heavy atom. The molecule has 0 unspecified atom stereocenters. The number of nitrogens with one attached hydrogen (secondary N) is 2. The summed E-state index contributed by atoms with van der Waals surface area (Å²) in [5.74, 6) is 1.19. The molecular formula is C15H23F3IN3O. The number of aliphatic imine (C=N–C) groups is 1. The molecule has 1 aromatic rings. The zero-order chi connectivity index (χ0) is 16.4. The van der Waals surface area contributed by atoms with Crippen LogP contribution in [0.2, 0.25) is 0 Å². The quantitative estimate of drug-likeness (QED) is 0.385. The number of para-hydroxylation sites is 1. The highest BCUT2D eigenvalue weighted by Crippen LogP contribution is 2.19. The minimum absolute atomic E-state index is 0. The number of hydrogen-bond donors (Lipinski definition) is 2. The molecule has 0 aliphatic heterocycles. The number of rotatable bonds is 7. The number of nitrogens with zero attached hydrogens (tertiary/aromatic N) is 1. The van der Waals surface area contributed by atoms with E-state index in [4.69, 9.17) is 4.74 Å². The number of ether oxygens (including phenoxy) is 1. The molecule has 2 N–H and O–H groups in total. The predicted molar refractivity (Wildman–Crippen MR) is 96.8 cm³/mol. The van der Waals surface area contributed by atoms with E-state index in [-0.39, 0.29) is 30.5 Å². The van der Waals surface area contributed by atoms with Crippen LogP contribution in [-0.4, -0.2) is 38.9 Å². The zero-order valence-corrected chi connectivity index (χ0v) is 15.6. The third-order valence-electron chi connectivity index (χ3n) is 2.89. The normalized spacial score (nSPS) is 11.6. The Hall–Kier alpha value is -1.19. The maximum Gasteiger partial charge on any atom is 0.390 e. The van der Waals surface area contributed by atoms with Gasteiger partial charge in [-0.25, -0.2) is 0 Å². The summed E-state index contributed by atoms with van der Waals surface area (Å²) in [6.45, 7) is 2.72. The first kappa shape index (κ1) is 21.8. The summed E-state index contributed by atoms with van der Waals surface area (Å²) in [5.41, 5.74) is 1.03. The summed E-state index contributed by atoms with van der Waals surface area (Å²) in [4.78, 5) is 3.92. The van der Waals surface area contributed by atoms with Gasteiger partial charge in [0.2, 0.25) is 0 Å². The molecular weight excluding hydrogens is 422 g/mol. The summed E-state index contributed by atoms with van der Waals surface area (Å²) in [7, 11) is 1.61. The standard InChI is InChI=1S/C15H22F3N3O.HI/c1-3-19-14(21-11-9-15(16,17)18)20-10-8-12-6-4-5-7-13(12)22-2;/h4-7H,3,8-11H2,1-2H3,(H2,19,20,21);1H. The Labute approximate surface area is 151 Å². The summed E-state index contributed by atoms with van der Waals surface area (Å²) in [5, 5.41) is 5.95. The fourth-order valence-corrected chi connectivity index (χ4v) is 1.86. The summed E-state index contributed by atoms with van der Waals surface area (Å²) >= 11 is 0. The maximum atomic E-state index is 12.1. The van der Waals surface area contributed by atoms with Crippen LogP contribution in [0.4, 0.5) is 13.2 Å². The van der Waals surface area contributed by atoms with Crippen LogP contribution in [0.25, 0.3) is 0 Å². The van der Waals surface area contributed by atoms with E-state index >= 15 is 0 Å². The molecule has 0 spiro atoms. The molecule has 0 saturated carbocycles. The van der Waals surface area contributed by atoms with Crippen LogP contribution in [0, 0.1) is 0 Å². The second kappa shape index (κ2) is 11.4. The molecule has 0 saturated heterocycles. The average molecular weight is 445 g/mol. The SMILES string of the molecule is CCNC(=NCCC(F)(F)F)NCCc1ccccc1OC.I. The van der Waals surface area contributed by atoms with Gasteiger partial charge in [-0.3, -0.25) is 4.99 Å². The number of halogens is 4. The van der Waals surface area contributed by atoms with E-state index in [0.717, 1.165) is 11.3 Å². The Morgan fingerprint density at radius 1 is 1.22 bits per heavy atom. The molecule has 1 aromatic carbocycles. The lowest BCUT2D eigenvalue weighted by atomic mass is 10.1. The molecule has 132 valence electrons. The van der Waals surface area contributed by atoms with Crippen molar-refractivity contribution in [2.75, 3.05) is 26.7 Å². The fraction of sp³-hybridized carbons (Fsp3) is 0.533. The molecule has 0 heterocycles. The smallest absolute Gasteiger partial charge is 0.390 e. The van der Waals surface area contributed by atoms with Gasteiger partial charge in [-0.05, 0) is 25.0 Å². The van der Waals surface area contributed by atoms with Crippen molar-refractivity contribution in [1.82, 2.24) is 10.6 Å². The highest BCUT2D eigenvalue weighted by atomic mass is 127. The second-order valence-corrected chi connectivity index (χ2v) is 4.61. The predicted octanol–water partition coefficient (Wildman–Crippen LogP) is 3.36. The number of methoxy groups -OCH3 is 1. The number of hydrogen-bond acceptors (Lipinski definition) is 2. The number of benzene rings is 1. The van der Waals surface area contributed by atoms with Crippen molar-refractivity contribution in [3.8, 4) is 5.75 Å². The van der Waals surface area contributed by atoms with Crippen LogP contribution in [0.1, 0.15) is 18.9 Å². The third kappa shape index (κ3) is 9.52. The van der Waals surface area contributed by atoms with Gasteiger partial charge in [0.25, 0.3) is 0 Å². The molecule has 0 aliphatic carbocycles. The average Bonchev–Trinajstić information content (AvgIpc) is 2.46. The molecule has 0 atom stereocenters. The van der Waals surface area contributed by atoms with Gasteiger partial charge in [0.15, 0.2) is 5.96 Å². The first-order valence-corrected chi connectivity index (χ1v) is 7.17. The fourth-order valence-electron chi connectivity index (χ4n) is 1.86. The van der Waals surface area contributed by atoms with Gasteiger partial charge in [-0.2, -0.15) is 13.2 Å². The van der Waals surface area contributed by atoms with Gasteiger partial charge < -0.3 is 15.4 Å². The highest BCUT2D eigenvalue weighted by Gasteiger charge is 2.26. The van der Waals surface area contributed by atoms with Crippen molar-refractivity contribution < 1.29 is 17.9 Å². The van der Waals surface area contributed by atoms with E-state index in [1.807, 2.05) is 31.2 Å². The molecule has 0 aliphatic rings. The lowest BCUT2D eigenvalue weighted by Crippen LogP contribution is -2.38. The first-order chi connectivity index (χ1) is 10.5. The highest BCUT2D eigenvalue weighted by molar-refractivity contribution is 14.0. The van der Waals surface area contributed by atoms with Gasteiger partial charge in [-0.15, -0.1) is 24.0 Å². The van der Waals surface area contributed by atoms with Crippen molar-refractivity contribution in [2.24, 2.45) is 4.99 Å². The molecule has 0 aromatic heterocycles. The van der Waals surface area contributed by atoms with E-state index in [2.05, 4.69) is 15.6 Å². The van der Waals surface area contributed by atoms with Crippen LogP contribution >= 0.6 is 24.0 Å². The Morgan fingerprint density at radius 3 is 2.52 bits per heavy atom. The molecule has 0 radical (unpaired) electrons. The van der Waals surface area contributed by atoms with Crippen LogP contribution in [0.15, 0.2) is 29.3 Å². The zero-order valence-electron chi connectivity index (χ0n) is 13.2. The summed E-state index contributed by atoms with van der Waals surface area (Å²) in [6.07, 6.45) is -4.41. The van der Waals surface area contributed by atoms with Gasteiger partial charge in [0.05, 0.1) is 20.1 Å². The Bertz CT molecular complexity index is 481. The molecule has 8 heteroatoms. The summed E-state index contributed by atoms with van der Waals surface area (Å²) < 4.78 is 41.6. The second-order valence-electron chi connectivity index (χ2n) is 4.61. The Balaban J connectivity index is 0.00000484. The first-order valence-electron chi connectivity index (χ1n) is 7.17. The lowest BCUT2D eigenvalue weighted by molar-refractivity contribution is -0.132. The van der Waals surface area contributed by atoms with E-state index in [1.165, 1.54) is 0 Å². The van der Waals surface area contributed by atoms with Crippen molar-refractivity contribution >= 4 is 29.9 Å². The van der Waals surface area contributed by atoms with Gasteiger partial charge in [-0.1, -0.05) is 18.2 Å². The molecule has 23 heavy (non-hydrogen) atoms.